The fourth-order valence-electron chi connectivity index (χ4n) is 1.44. The van der Waals surface area contributed by atoms with Gasteiger partial charge in [0.05, 0.1) is 16.7 Å². The number of hydrogen-bond donors (Lipinski definition) is 1. The molecule has 6 nitrogen and oxygen atoms in total. The average molecular weight is 245 g/mol. The minimum absolute atomic E-state index is 0.0433. The van der Waals surface area contributed by atoms with Gasteiger partial charge in [0.2, 0.25) is 5.88 Å². The molecule has 92 valence electrons. The van der Waals surface area contributed by atoms with Gasteiger partial charge in [-0.2, -0.15) is 0 Å². The van der Waals surface area contributed by atoms with Crippen LogP contribution in [0.2, 0.25) is 0 Å². The van der Waals surface area contributed by atoms with E-state index < -0.39 is 4.92 Å². The number of pyridine rings is 1. The average Bonchev–Trinajstić information content (AvgIpc) is 2.33. The number of ether oxygens (including phenoxy) is 1. The number of rotatable bonds is 3. The van der Waals surface area contributed by atoms with Crippen LogP contribution >= 0.6 is 0 Å². The van der Waals surface area contributed by atoms with Crippen molar-refractivity contribution in [3.05, 3.63) is 52.2 Å². The van der Waals surface area contributed by atoms with Crippen molar-refractivity contribution < 1.29 is 9.66 Å². The number of nitrogens with two attached hydrogens (primary N) is 1. The van der Waals surface area contributed by atoms with Crippen molar-refractivity contribution in [2.75, 3.05) is 5.73 Å². The summed E-state index contributed by atoms with van der Waals surface area (Å²) >= 11 is 0. The van der Waals surface area contributed by atoms with E-state index in [0.29, 0.717) is 11.4 Å². The van der Waals surface area contributed by atoms with Gasteiger partial charge in [0.25, 0.3) is 5.69 Å². The zero-order valence-corrected chi connectivity index (χ0v) is 9.66. The van der Waals surface area contributed by atoms with E-state index in [2.05, 4.69) is 4.98 Å². The fourth-order valence-corrected chi connectivity index (χ4v) is 1.44. The molecule has 6 heteroatoms. The third-order valence-electron chi connectivity index (χ3n) is 2.26. The molecule has 0 radical (unpaired) electrons. The molecule has 18 heavy (non-hydrogen) atoms. The van der Waals surface area contributed by atoms with Gasteiger partial charge in [-0.05, 0) is 24.6 Å². The number of aromatic nitrogens is 1. The molecule has 0 bridgehead atoms. The summed E-state index contributed by atoms with van der Waals surface area (Å²) in [7, 11) is 0. The molecule has 0 unspecified atom stereocenters. The third kappa shape index (κ3) is 2.54. The van der Waals surface area contributed by atoms with Crippen LogP contribution in [0.1, 0.15) is 5.56 Å². The van der Waals surface area contributed by atoms with Crippen molar-refractivity contribution in [1.29, 1.82) is 0 Å². The number of nitro groups is 1. The largest absolute Gasteiger partial charge is 0.437 e. The normalized spacial score (nSPS) is 10.1. The number of benzene rings is 1. The van der Waals surface area contributed by atoms with Crippen LogP contribution in [0.3, 0.4) is 0 Å². The molecule has 0 fully saturated rings. The second-order valence-electron chi connectivity index (χ2n) is 3.76. The summed E-state index contributed by atoms with van der Waals surface area (Å²) in [5.41, 5.74) is 7.01. The zero-order chi connectivity index (χ0) is 13.1. The monoisotopic (exact) mass is 245 g/mol. The Labute approximate surface area is 103 Å². The Balaban J connectivity index is 2.28. The van der Waals surface area contributed by atoms with Crippen LogP contribution in [0.4, 0.5) is 11.4 Å². The topological polar surface area (TPSA) is 91.3 Å². The molecule has 2 rings (SSSR count). The maximum absolute atomic E-state index is 10.6. The lowest BCUT2D eigenvalue weighted by Gasteiger charge is -2.07. The van der Waals surface area contributed by atoms with E-state index in [1.807, 2.05) is 6.92 Å². The molecular formula is C12H11N3O3. The lowest BCUT2D eigenvalue weighted by atomic mass is 10.3. The second-order valence-corrected chi connectivity index (χ2v) is 3.76. The summed E-state index contributed by atoms with van der Waals surface area (Å²) in [4.78, 5) is 14.2. The Morgan fingerprint density at radius 1 is 1.39 bits per heavy atom. The molecule has 0 saturated heterocycles. The first kappa shape index (κ1) is 11.8. The van der Waals surface area contributed by atoms with Gasteiger partial charge in [-0.25, -0.2) is 4.98 Å². The maximum atomic E-state index is 10.6. The first-order chi connectivity index (χ1) is 8.56. The molecule has 0 amide bonds. The lowest BCUT2D eigenvalue weighted by Crippen LogP contribution is -1.96. The minimum Gasteiger partial charge on any atom is -0.437 e. The fraction of sp³-hybridized carbons (Fsp3) is 0.0833. The van der Waals surface area contributed by atoms with Crippen LogP contribution in [0.15, 0.2) is 36.5 Å². The Bertz CT molecular complexity index is 599. The number of nitrogen functional groups attached to an aromatic ring is 1. The van der Waals surface area contributed by atoms with Crippen molar-refractivity contribution in [1.82, 2.24) is 4.98 Å². The summed E-state index contributed by atoms with van der Waals surface area (Å²) in [6, 6.07) is 7.57. The van der Waals surface area contributed by atoms with Gasteiger partial charge >= 0.3 is 0 Å². The first-order valence-electron chi connectivity index (χ1n) is 5.20. The Hall–Kier alpha value is -2.63. The standard InChI is InChI=1S/C12H11N3O3/c1-8-5-11(13)12(14-7-8)18-10-4-2-3-9(6-10)15(16)17/h2-7H,13H2,1H3. The van der Waals surface area contributed by atoms with Crippen LogP contribution in [-0.2, 0) is 0 Å². The lowest BCUT2D eigenvalue weighted by molar-refractivity contribution is -0.384. The van der Waals surface area contributed by atoms with Crippen LogP contribution in [0.25, 0.3) is 0 Å². The number of nitro benzene ring substituents is 1. The van der Waals surface area contributed by atoms with Crippen molar-refractivity contribution in [2.24, 2.45) is 0 Å². The summed E-state index contributed by atoms with van der Waals surface area (Å²) in [6.07, 6.45) is 1.61. The molecule has 1 heterocycles. The molecule has 0 spiro atoms. The third-order valence-corrected chi connectivity index (χ3v) is 2.26. The molecule has 0 saturated carbocycles. The van der Waals surface area contributed by atoms with E-state index in [9.17, 15) is 10.1 Å². The maximum Gasteiger partial charge on any atom is 0.273 e. The highest BCUT2D eigenvalue weighted by atomic mass is 16.6. The van der Waals surface area contributed by atoms with Crippen molar-refractivity contribution in [3.8, 4) is 11.6 Å². The van der Waals surface area contributed by atoms with E-state index in [0.717, 1.165) is 5.56 Å². The summed E-state index contributed by atoms with van der Waals surface area (Å²) in [5, 5.41) is 10.6. The number of non-ortho nitro benzene ring substituents is 1. The van der Waals surface area contributed by atoms with E-state index in [1.54, 1.807) is 18.3 Å². The van der Waals surface area contributed by atoms with Crippen LogP contribution in [-0.4, -0.2) is 9.91 Å². The summed E-state index contributed by atoms with van der Waals surface area (Å²) < 4.78 is 5.41. The predicted molar refractivity (Wildman–Crippen MR) is 66.6 cm³/mol. The van der Waals surface area contributed by atoms with E-state index in [1.165, 1.54) is 18.2 Å². The highest BCUT2D eigenvalue weighted by Gasteiger charge is 2.09. The van der Waals surface area contributed by atoms with Gasteiger partial charge in [0, 0.05) is 12.3 Å². The Morgan fingerprint density at radius 3 is 2.83 bits per heavy atom. The van der Waals surface area contributed by atoms with Crippen molar-refractivity contribution >= 4 is 11.4 Å². The molecule has 1 aromatic heterocycles. The van der Waals surface area contributed by atoms with Gasteiger partial charge in [-0.3, -0.25) is 10.1 Å². The zero-order valence-electron chi connectivity index (χ0n) is 9.66. The molecule has 2 aromatic rings. The highest BCUT2D eigenvalue weighted by Crippen LogP contribution is 2.27. The van der Waals surface area contributed by atoms with Gasteiger partial charge in [-0.1, -0.05) is 6.07 Å². The molecular weight excluding hydrogens is 234 g/mol. The number of hydrogen-bond acceptors (Lipinski definition) is 5. The van der Waals surface area contributed by atoms with E-state index >= 15 is 0 Å². The van der Waals surface area contributed by atoms with E-state index in [-0.39, 0.29) is 11.6 Å². The predicted octanol–water partition coefficient (Wildman–Crippen LogP) is 2.67. The van der Waals surface area contributed by atoms with Crippen molar-refractivity contribution in [3.63, 3.8) is 0 Å². The summed E-state index contributed by atoms with van der Waals surface area (Å²) in [6.45, 7) is 1.86. The highest BCUT2D eigenvalue weighted by molar-refractivity contribution is 5.51. The molecule has 0 aliphatic heterocycles. The second kappa shape index (κ2) is 4.70. The Morgan fingerprint density at radius 2 is 2.17 bits per heavy atom. The van der Waals surface area contributed by atoms with Gasteiger partial charge in [0.1, 0.15) is 5.75 Å². The quantitative estimate of drug-likeness (QED) is 0.663. The van der Waals surface area contributed by atoms with Crippen LogP contribution in [0, 0.1) is 17.0 Å². The molecule has 0 atom stereocenters. The van der Waals surface area contributed by atoms with Gasteiger partial charge in [-0.15, -0.1) is 0 Å². The number of nitrogens with zero attached hydrogens (tertiary/aromatic N) is 2. The minimum atomic E-state index is -0.487. The first-order valence-corrected chi connectivity index (χ1v) is 5.20. The van der Waals surface area contributed by atoms with Gasteiger partial charge < -0.3 is 10.5 Å². The van der Waals surface area contributed by atoms with E-state index in [4.69, 9.17) is 10.5 Å². The summed E-state index contributed by atoms with van der Waals surface area (Å²) in [5.74, 6) is 0.563. The molecule has 0 aliphatic carbocycles. The molecule has 1 aromatic carbocycles. The van der Waals surface area contributed by atoms with Gasteiger partial charge in [0.15, 0.2) is 0 Å². The molecule has 2 N–H and O–H groups in total. The SMILES string of the molecule is Cc1cnc(Oc2cccc([N+](=O)[O-])c2)c(N)c1. The van der Waals surface area contributed by atoms with Crippen molar-refractivity contribution in [2.45, 2.75) is 6.92 Å². The van der Waals surface area contributed by atoms with Crippen LogP contribution in [0.5, 0.6) is 11.6 Å². The number of aryl methyl sites for hydroxylation is 1. The molecule has 0 aliphatic rings. The Kier molecular flexibility index (Phi) is 3.09. The number of anilines is 1. The smallest absolute Gasteiger partial charge is 0.273 e. The van der Waals surface area contributed by atoms with Crippen LogP contribution < -0.4 is 10.5 Å².